The number of hydrogen-bond acceptors (Lipinski definition) is 4. The van der Waals surface area contributed by atoms with Crippen LogP contribution in [0.25, 0.3) is 0 Å². The third-order valence-corrected chi connectivity index (χ3v) is 6.40. The number of amides is 1. The number of carbonyl (C=O) groups excluding carboxylic acids is 1. The number of piperidine rings is 1. The molecule has 0 saturated carbocycles. The number of aliphatic hydroxyl groups excluding tert-OH is 1. The van der Waals surface area contributed by atoms with Crippen molar-refractivity contribution in [2.45, 2.75) is 23.6 Å². The molecule has 0 aromatic heterocycles. The van der Waals surface area contributed by atoms with Crippen molar-refractivity contribution in [3.05, 3.63) is 59.2 Å². The molecular formula is C18H15F5N2O4S. The number of benzene rings is 2. The van der Waals surface area contributed by atoms with Gasteiger partial charge in [-0.3, -0.25) is 4.79 Å². The van der Waals surface area contributed by atoms with Crippen LogP contribution in [0.1, 0.15) is 16.8 Å². The molecule has 0 spiro atoms. The Kier molecular flexibility index (Phi) is 6.11. The Bertz CT molecular complexity index is 1070. The number of alkyl halides is 1. The summed E-state index contributed by atoms with van der Waals surface area (Å²) in [4.78, 5) is 11.4. The summed E-state index contributed by atoms with van der Waals surface area (Å²) in [6.07, 6.45) is -3.38. The van der Waals surface area contributed by atoms with Crippen LogP contribution >= 0.6 is 0 Å². The van der Waals surface area contributed by atoms with Crippen LogP contribution in [0.3, 0.4) is 0 Å². The summed E-state index contributed by atoms with van der Waals surface area (Å²) in [6, 6.07) is 3.33. The summed E-state index contributed by atoms with van der Waals surface area (Å²) >= 11 is 0. The Morgan fingerprint density at radius 2 is 1.70 bits per heavy atom. The van der Waals surface area contributed by atoms with Crippen LogP contribution in [-0.2, 0) is 10.0 Å². The number of sulfonamides is 1. The monoisotopic (exact) mass is 450 g/mol. The molecular weight excluding hydrogens is 435 g/mol. The van der Waals surface area contributed by atoms with Gasteiger partial charge in [0.1, 0.15) is 16.9 Å². The molecule has 6 nitrogen and oxygen atoms in total. The van der Waals surface area contributed by atoms with E-state index in [0.717, 1.165) is 6.07 Å². The molecule has 2 aromatic carbocycles. The fraction of sp³-hybridized carbons (Fsp3) is 0.278. The summed E-state index contributed by atoms with van der Waals surface area (Å²) in [7, 11) is -4.54. The first-order chi connectivity index (χ1) is 14.0. The molecule has 1 heterocycles. The fourth-order valence-corrected chi connectivity index (χ4v) is 4.45. The summed E-state index contributed by atoms with van der Waals surface area (Å²) < 4.78 is 93.5. The topological polar surface area (TPSA) is 86.7 Å². The molecule has 0 aliphatic carbocycles. The zero-order valence-corrected chi connectivity index (χ0v) is 15.9. The van der Waals surface area contributed by atoms with E-state index in [4.69, 9.17) is 0 Å². The highest BCUT2D eigenvalue weighted by molar-refractivity contribution is 7.89. The van der Waals surface area contributed by atoms with Crippen molar-refractivity contribution in [3.8, 4) is 0 Å². The highest BCUT2D eigenvalue weighted by Gasteiger charge is 2.36. The molecule has 2 aromatic rings. The molecule has 30 heavy (non-hydrogen) atoms. The maximum absolute atomic E-state index is 14.2. The number of hydrogen-bond donors (Lipinski definition) is 2. The lowest BCUT2D eigenvalue weighted by Gasteiger charge is -2.31. The van der Waals surface area contributed by atoms with Gasteiger partial charge in [0.25, 0.3) is 5.91 Å². The van der Waals surface area contributed by atoms with E-state index in [1.807, 2.05) is 5.32 Å². The summed E-state index contributed by atoms with van der Waals surface area (Å²) in [5.41, 5.74) is -0.829. The Morgan fingerprint density at radius 1 is 1.07 bits per heavy atom. The Labute approximate surface area is 168 Å². The van der Waals surface area contributed by atoms with Crippen LogP contribution in [-0.4, -0.2) is 49.1 Å². The van der Waals surface area contributed by atoms with Gasteiger partial charge in [-0.25, -0.2) is 30.4 Å². The highest BCUT2D eigenvalue weighted by Crippen LogP contribution is 2.26. The van der Waals surface area contributed by atoms with Gasteiger partial charge in [-0.05, 0) is 24.6 Å². The van der Waals surface area contributed by atoms with Gasteiger partial charge in [-0.2, -0.15) is 4.31 Å². The van der Waals surface area contributed by atoms with Crippen LogP contribution in [0.5, 0.6) is 0 Å². The second-order valence-electron chi connectivity index (χ2n) is 6.59. The van der Waals surface area contributed by atoms with Gasteiger partial charge in [0.05, 0.1) is 6.10 Å². The fourth-order valence-electron chi connectivity index (χ4n) is 2.90. The van der Waals surface area contributed by atoms with Crippen LogP contribution < -0.4 is 5.32 Å². The number of anilines is 1. The maximum Gasteiger partial charge on any atom is 0.255 e. The van der Waals surface area contributed by atoms with Crippen molar-refractivity contribution >= 4 is 21.6 Å². The average Bonchev–Trinajstić information content (AvgIpc) is 2.68. The average molecular weight is 450 g/mol. The zero-order valence-electron chi connectivity index (χ0n) is 15.1. The minimum Gasteiger partial charge on any atom is -0.390 e. The smallest absolute Gasteiger partial charge is 0.255 e. The van der Waals surface area contributed by atoms with Crippen molar-refractivity contribution in [3.63, 3.8) is 0 Å². The first kappa shape index (κ1) is 22.1. The molecule has 2 unspecified atom stereocenters. The first-order valence-corrected chi connectivity index (χ1v) is 10.0. The zero-order chi connectivity index (χ0) is 22.2. The molecule has 12 heteroatoms. The van der Waals surface area contributed by atoms with Crippen molar-refractivity contribution in [1.29, 1.82) is 0 Å². The molecule has 1 fully saturated rings. The van der Waals surface area contributed by atoms with Crippen LogP contribution in [0.4, 0.5) is 27.6 Å². The minimum absolute atomic E-state index is 0.191. The lowest BCUT2D eigenvalue weighted by atomic mass is 10.1. The Morgan fingerprint density at radius 3 is 2.30 bits per heavy atom. The van der Waals surface area contributed by atoms with E-state index in [-0.39, 0.29) is 18.5 Å². The molecule has 1 aliphatic heterocycles. The summed E-state index contributed by atoms with van der Waals surface area (Å²) in [6.45, 7) is -0.943. The second kappa shape index (κ2) is 8.28. The molecule has 1 amide bonds. The number of nitrogens with one attached hydrogen (secondary N) is 1. The van der Waals surface area contributed by atoms with Gasteiger partial charge in [0, 0.05) is 36.5 Å². The predicted octanol–water partition coefficient (Wildman–Crippen LogP) is 2.59. The third kappa shape index (κ3) is 4.30. The standard InChI is InChI=1S/C18H15F5N2O4S/c19-11-2-1-9(18(27)24-10-6-12(20)17(23)13(21)7-10)5-16(11)30(28,29)25-4-3-15(26)14(22)8-25/h1-2,5-7,14-15,26H,3-4,8H2,(H,24,27). The third-order valence-electron chi connectivity index (χ3n) is 4.52. The lowest BCUT2D eigenvalue weighted by molar-refractivity contribution is 0.0303. The normalized spacial score (nSPS) is 20.2. The van der Waals surface area contributed by atoms with Crippen molar-refractivity contribution in [2.24, 2.45) is 0 Å². The molecule has 0 radical (unpaired) electrons. The summed E-state index contributed by atoms with van der Waals surface area (Å²) in [5, 5.41) is 11.4. The van der Waals surface area contributed by atoms with Gasteiger partial charge in [-0.15, -0.1) is 0 Å². The van der Waals surface area contributed by atoms with Crippen molar-refractivity contribution in [2.75, 3.05) is 18.4 Å². The Hall–Kier alpha value is -2.57. The van der Waals surface area contributed by atoms with Gasteiger partial charge in [-0.1, -0.05) is 0 Å². The molecule has 1 saturated heterocycles. The SMILES string of the molecule is O=C(Nc1cc(F)c(F)c(F)c1)c1ccc(F)c(S(=O)(=O)N2CCC(O)C(F)C2)c1. The van der Waals surface area contributed by atoms with Gasteiger partial charge >= 0.3 is 0 Å². The summed E-state index contributed by atoms with van der Waals surface area (Å²) in [5.74, 6) is -7.09. The maximum atomic E-state index is 14.2. The van der Waals surface area contributed by atoms with Crippen LogP contribution in [0.15, 0.2) is 35.2 Å². The molecule has 162 valence electrons. The minimum atomic E-state index is -4.54. The molecule has 3 rings (SSSR count). The van der Waals surface area contributed by atoms with E-state index in [9.17, 15) is 40.3 Å². The lowest BCUT2D eigenvalue weighted by Crippen LogP contribution is -2.47. The quantitative estimate of drug-likeness (QED) is 0.554. The highest BCUT2D eigenvalue weighted by atomic mass is 32.2. The van der Waals surface area contributed by atoms with E-state index < -0.39 is 68.6 Å². The second-order valence-corrected chi connectivity index (χ2v) is 8.49. The first-order valence-electron chi connectivity index (χ1n) is 8.58. The van der Waals surface area contributed by atoms with E-state index in [1.165, 1.54) is 0 Å². The number of carbonyl (C=O) groups is 1. The number of rotatable bonds is 4. The van der Waals surface area contributed by atoms with Crippen molar-refractivity contribution in [1.82, 2.24) is 4.31 Å². The van der Waals surface area contributed by atoms with E-state index in [0.29, 0.717) is 28.6 Å². The largest absolute Gasteiger partial charge is 0.390 e. The van der Waals surface area contributed by atoms with Gasteiger partial charge < -0.3 is 10.4 Å². The Balaban J connectivity index is 1.88. The van der Waals surface area contributed by atoms with E-state index in [1.54, 1.807) is 0 Å². The molecule has 2 N–H and O–H groups in total. The number of nitrogens with zero attached hydrogens (tertiary/aromatic N) is 1. The molecule has 2 atom stereocenters. The van der Waals surface area contributed by atoms with E-state index in [2.05, 4.69) is 0 Å². The van der Waals surface area contributed by atoms with Gasteiger partial charge in [0.2, 0.25) is 10.0 Å². The van der Waals surface area contributed by atoms with Gasteiger partial charge in [0.15, 0.2) is 17.5 Å². The van der Waals surface area contributed by atoms with E-state index >= 15 is 0 Å². The molecule has 0 bridgehead atoms. The predicted molar refractivity (Wildman–Crippen MR) is 94.9 cm³/mol. The van der Waals surface area contributed by atoms with Crippen LogP contribution in [0, 0.1) is 23.3 Å². The molecule has 1 aliphatic rings. The van der Waals surface area contributed by atoms with Crippen LogP contribution in [0.2, 0.25) is 0 Å². The number of aliphatic hydroxyl groups is 1. The van der Waals surface area contributed by atoms with Crippen molar-refractivity contribution < 1.29 is 40.3 Å². The number of halogens is 5.